The summed E-state index contributed by atoms with van der Waals surface area (Å²) in [5.74, 6) is 0.500. The Bertz CT molecular complexity index is 742. The Morgan fingerprint density at radius 1 is 1.17 bits per heavy atom. The maximum absolute atomic E-state index is 12.0. The molecule has 3 amide bonds. The van der Waals surface area contributed by atoms with E-state index in [1.165, 1.54) is 25.1 Å². The van der Waals surface area contributed by atoms with Gasteiger partial charge < -0.3 is 14.8 Å². The summed E-state index contributed by atoms with van der Waals surface area (Å²) in [6.07, 6.45) is 1.48. The number of halogens is 1. The van der Waals surface area contributed by atoms with Gasteiger partial charge in [-0.25, -0.2) is 10.2 Å². The van der Waals surface area contributed by atoms with Gasteiger partial charge in [-0.2, -0.15) is 5.10 Å². The first-order valence-corrected chi connectivity index (χ1v) is 7.52. The summed E-state index contributed by atoms with van der Waals surface area (Å²) < 4.78 is 12.2. The highest BCUT2D eigenvalue weighted by molar-refractivity contribution is 9.10. The summed E-state index contributed by atoms with van der Waals surface area (Å²) >= 11 is 3.21. The Kier molecular flexibility index (Phi) is 5.64. The molecule has 2 rings (SSSR count). The molecule has 2 aromatic rings. The van der Waals surface area contributed by atoms with Crippen LogP contribution in [0.2, 0.25) is 0 Å². The second-order valence-electron chi connectivity index (χ2n) is 4.57. The van der Waals surface area contributed by atoms with E-state index in [0.717, 1.165) is 0 Å². The Labute approximate surface area is 146 Å². The normalized spacial score (nSPS) is 10.0. The maximum atomic E-state index is 12.0. The average molecular weight is 398 g/mol. The molecular weight excluding hydrogens is 382 g/mol. The lowest BCUT2D eigenvalue weighted by molar-refractivity contribution is 0.0927. The van der Waals surface area contributed by atoms with Crippen LogP contribution in [0.1, 0.15) is 10.5 Å². The van der Waals surface area contributed by atoms with Crippen molar-refractivity contribution in [2.24, 2.45) is 7.05 Å². The van der Waals surface area contributed by atoms with Crippen molar-refractivity contribution in [3.63, 3.8) is 0 Å². The number of carbonyl (C=O) groups is 2. The predicted molar refractivity (Wildman–Crippen MR) is 90.1 cm³/mol. The molecule has 1 heterocycles. The third-order valence-corrected chi connectivity index (χ3v) is 3.62. The molecule has 1 aromatic heterocycles. The number of nitrogens with zero attached hydrogens (tertiary/aromatic N) is 2. The van der Waals surface area contributed by atoms with E-state index < -0.39 is 11.9 Å². The summed E-state index contributed by atoms with van der Waals surface area (Å²) in [5, 5.41) is 6.49. The van der Waals surface area contributed by atoms with Crippen molar-refractivity contribution in [2.45, 2.75) is 0 Å². The molecule has 0 aliphatic heterocycles. The Morgan fingerprint density at radius 2 is 1.88 bits per heavy atom. The smallest absolute Gasteiger partial charge is 0.337 e. The molecule has 10 heteroatoms. The molecule has 9 nitrogen and oxygen atoms in total. The van der Waals surface area contributed by atoms with Crippen LogP contribution in [-0.4, -0.2) is 35.9 Å². The lowest BCUT2D eigenvalue weighted by atomic mass is 10.3. The second kappa shape index (κ2) is 7.68. The van der Waals surface area contributed by atoms with Gasteiger partial charge in [-0.3, -0.25) is 14.9 Å². The number of amides is 3. The van der Waals surface area contributed by atoms with Crippen LogP contribution in [0.5, 0.6) is 11.5 Å². The first-order valence-electron chi connectivity index (χ1n) is 6.73. The molecular formula is C14H16BrN5O4. The van der Waals surface area contributed by atoms with Gasteiger partial charge in [-0.1, -0.05) is 0 Å². The van der Waals surface area contributed by atoms with Crippen LogP contribution >= 0.6 is 15.9 Å². The lowest BCUT2D eigenvalue weighted by Crippen LogP contribution is -2.44. The van der Waals surface area contributed by atoms with Gasteiger partial charge in [0.2, 0.25) is 0 Å². The van der Waals surface area contributed by atoms with E-state index in [1.807, 2.05) is 0 Å². The number of methoxy groups -OCH3 is 2. The molecule has 0 fully saturated rings. The van der Waals surface area contributed by atoms with Crippen LogP contribution in [0, 0.1) is 0 Å². The number of nitrogens with one attached hydrogen (secondary N) is 3. The average Bonchev–Trinajstić information content (AvgIpc) is 2.91. The van der Waals surface area contributed by atoms with Crippen molar-refractivity contribution in [2.75, 3.05) is 19.5 Å². The minimum atomic E-state index is -0.617. The Hall–Kier alpha value is -2.75. The van der Waals surface area contributed by atoms with Crippen molar-refractivity contribution in [3.8, 4) is 11.5 Å². The number of ether oxygens (including phenoxy) is 2. The number of aryl methyl sites for hydroxylation is 1. The van der Waals surface area contributed by atoms with E-state index in [4.69, 9.17) is 9.47 Å². The molecule has 3 N–H and O–H groups in total. The van der Waals surface area contributed by atoms with E-state index in [2.05, 4.69) is 37.2 Å². The topological polar surface area (TPSA) is 107 Å². The molecule has 0 saturated heterocycles. The molecule has 0 bridgehead atoms. The van der Waals surface area contributed by atoms with Gasteiger partial charge in [0.1, 0.15) is 5.69 Å². The summed E-state index contributed by atoms with van der Waals surface area (Å²) in [6, 6.07) is 4.27. The Balaban J connectivity index is 1.95. The van der Waals surface area contributed by atoms with Gasteiger partial charge in [0.15, 0.2) is 11.5 Å². The summed E-state index contributed by atoms with van der Waals surface area (Å²) in [7, 11) is 4.63. The van der Waals surface area contributed by atoms with Crippen LogP contribution in [0.3, 0.4) is 0 Å². The minimum absolute atomic E-state index is 0.279. The van der Waals surface area contributed by atoms with Crippen molar-refractivity contribution in [1.82, 2.24) is 20.6 Å². The predicted octanol–water partition coefficient (Wildman–Crippen LogP) is 1.67. The number of hydrogen-bond donors (Lipinski definition) is 3. The number of carbonyl (C=O) groups excluding carboxylic acids is 2. The zero-order chi connectivity index (χ0) is 17.7. The van der Waals surface area contributed by atoms with Crippen LogP contribution in [-0.2, 0) is 7.05 Å². The molecule has 0 saturated carbocycles. The third kappa shape index (κ3) is 3.96. The van der Waals surface area contributed by atoms with E-state index in [1.54, 1.807) is 25.2 Å². The highest BCUT2D eigenvalue weighted by Crippen LogP contribution is 2.29. The highest BCUT2D eigenvalue weighted by Gasteiger charge is 2.16. The number of urea groups is 1. The van der Waals surface area contributed by atoms with E-state index >= 15 is 0 Å². The van der Waals surface area contributed by atoms with Crippen LogP contribution in [0.4, 0.5) is 10.5 Å². The fraction of sp³-hybridized carbons (Fsp3) is 0.214. The quantitative estimate of drug-likeness (QED) is 0.680. The van der Waals surface area contributed by atoms with Crippen molar-refractivity contribution < 1.29 is 19.1 Å². The summed E-state index contributed by atoms with van der Waals surface area (Å²) in [6.45, 7) is 0. The SMILES string of the molecule is COc1ccc(NC(=O)NNC(=O)c2c(Br)cnn2C)cc1OC. The van der Waals surface area contributed by atoms with Gasteiger partial charge in [0, 0.05) is 18.8 Å². The first-order chi connectivity index (χ1) is 11.5. The molecule has 0 aliphatic rings. The van der Waals surface area contributed by atoms with Gasteiger partial charge >= 0.3 is 6.03 Å². The summed E-state index contributed by atoms with van der Waals surface area (Å²) in [5.41, 5.74) is 5.30. The molecule has 24 heavy (non-hydrogen) atoms. The van der Waals surface area contributed by atoms with Gasteiger partial charge in [-0.05, 0) is 28.1 Å². The highest BCUT2D eigenvalue weighted by atomic mass is 79.9. The standard InChI is InChI=1S/C14H16BrN5O4/c1-20-12(9(15)7-16-20)13(21)18-19-14(22)17-8-4-5-10(23-2)11(6-8)24-3/h4-7H,1-3H3,(H,18,21)(H2,17,19,22). The van der Waals surface area contributed by atoms with E-state index in [0.29, 0.717) is 21.7 Å². The van der Waals surface area contributed by atoms with Crippen molar-refractivity contribution >= 4 is 33.6 Å². The molecule has 0 radical (unpaired) electrons. The minimum Gasteiger partial charge on any atom is -0.493 e. The molecule has 0 atom stereocenters. The third-order valence-electron chi connectivity index (χ3n) is 3.04. The number of anilines is 1. The van der Waals surface area contributed by atoms with Gasteiger partial charge in [-0.15, -0.1) is 0 Å². The number of hydrogen-bond acceptors (Lipinski definition) is 5. The largest absolute Gasteiger partial charge is 0.493 e. The molecule has 1 aromatic carbocycles. The lowest BCUT2D eigenvalue weighted by Gasteiger charge is -2.12. The van der Waals surface area contributed by atoms with E-state index in [-0.39, 0.29) is 5.69 Å². The molecule has 0 spiro atoms. The van der Waals surface area contributed by atoms with Crippen LogP contribution in [0.15, 0.2) is 28.9 Å². The van der Waals surface area contributed by atoms with Gasteiger partial charge in [0.25, 0.3) is 5.91 Å². The zero-order valence-corrected chi connectivity index (χ0v) is 14.8. The first kappa shape index (κ1) is 17.6. The number of hydrazine groups is 1. The fourth-order valence-corrected chi connectivity index (χ4v) is 2.44. The fourth-order valence-electron chi connectivity index (χ4n) is 1.92. The number of aromatic nitrogens is 2. The van der Waals surface area contributed by atoms with E-state index in [9.17, 15) is 9.59 Å². The molecule has 0 aliphatic carbocycles. The second-order valence-corrected chi connectivity index (χ2v) is 5.42. The van der Waals surface area contributed by atoms with Gasteiger partial charge in [0.05, 0.1) is 24.9 Å². The number of benzene rings is 1. The van der Waals surface area contributed by atoms with Crippen LogP contribution < -0.4 is 25.6 Å². The monoisotopic (exact) mass is 397 g/mol. The molecule has 128 valence electrons. The maximum Gasteiger partial charge on any atom is 0.337 e. The Morgan fingerprint density at radius 3 is 2.46 bits per heavy atom. The summed E-state index contributed by atoms with van der Waals surface area (Å²) in [4.78, 5) is 23.9. The molecule has 0 unspecified atom stereocenters. The zero-order valence-electron chi connectivity index (χ0n) is 13.2. The van der Waals surface area contributed by atoms with Crippen LogP contribution in [0.25, 0.3) is 0 Å². The number of rotatable bonds is 4. The van der Waals surface area contributed by atoms with Crippen molar-refractivity contribution in [3.05, 3.63) is 34.6 Å². The van der Waals surface area contributed by atoms with Crippen molar-refractivity contribution in [1.29, 1.82) is 0 Å².